The van der Waals surface area contributed by atoms with Gasteiger partial charge in [-0.1, -0.05) is 0 Å². The number of nitriles is 1. The van der Waals surface area contributed by atoms with E-state index in [4.69, 9.17) is 5.11 Å². The minimum atomic E-state index is -0.731. The van der Waals surface area contributed by atoms with Crippen LogP contribution in [0.5, 0.6) is 0 Å². The molecule has 20 heavy (non-hydrogen) atoms. The van der Waals surface area contributed by atoms with E-state index in [1.807, 2.05) is 26.8 Å². The molecule has 1 aliphatic heterocycles. The first-order valence-corrected chi connectivity index (χ1v) is 6.81. The van der Waals surface area contributed by atoms with E-state index in [1.54, 1.807) is 0 Å². The van der Waals surface area contributed by atoms with Crippen molar-refractivity contribution in [3.8, 4) is 6.07 Å². The molecule has 2 rings (SSSR count). The third-order valence-electron chi connectivity index (χ3n) is 3.93. The highest BCUT2D eigenvalue weighted by atomic mass is 16.4. The van der Waals surface area contributed by atoms with Gasteiger partial charge in [-0.2, -0.15) is 5.26 Å². The van der Waals surface area contributed by atoms with Crippen molar-refractivity contribution < 1.29 is 9.90 Å². The van der Waals surface area contributed by atoms with E-state index >= 15 is 0 Å². The Hall–Kier alpha value is -2.09. The number of pyridine rings is 1. The lowest BCUT2D eigenvalue weighted by molar-refractivity contribution is -0.142. The summed E-state index contributed by atoms with van der Waals surface area (Å²) >= 11 is 0. The number of aliphatic carboxylic acids is 1. The fourth-order valence-corrected chi connectivity index (χ4v) is 2.87. The molecular formula is C15H19N3O2. The molecule has 1 aliphatic rings. The number of rotatable bonds is 2. The van der Waals surface area contributed by atoms with Gasteiger partial charge in [-0.25, -0.2) is 4.98 Å². The van der Waals surface area contributed by atoms with Gasteiger partial charge in [-0.3, -0.25) is 4.79 Å². The average Bonchev–Trinajstić information content (AvgIpc) is 2.37. The summed E-state index contributed by atoms with van der Waals surface area (Å²) < 4.78 is 0. The summed E-state index contributed by atoms with van der Waals surface area (Å²) in [6, 6.07) is 4.20. The fraction of sp³-hybridized carbons (Fsp3) is 0.533. The zero-order valence-corrected chi connectivity index (χ0v) is 12.1. The van der Waals surface area contributed by atoms with Crippen LogP contribution in [0.4, 0.5) is 5.82 Å². The molecule has 0 spiro atoms. The SMILES string of the molecule is Cc1cc(C)c(C#N)c(N2CCC(C(=O)O)CC2C)n1. The Morgan fingerprint density at radius 1 is 1.55 bits per heavy atom. The zero-order chi connectivity index (χ0) is 14.9. The summed E-state index contributed by atoms with van der Waals surface area (Å²) in [5, 5.41) is 18.5. The first-order valence-electron chi connectivity index (χ1n) is 6.81. The third kappa shape index (κ3) is 2.60. The summed E-state index contributed by atoms with van der Waals surface area (Å²) in [7, 11) is 0. The maximum atomic E-state index is 11.1. The Labute approximate surface area is 118 Å². The largest absolute Gasteiger partial charge is 0.481 e. The quantitative estimate of drug-likeness (QED) is 0.894. The van der Waals surface area contributed by atoms with Gasteiger partial charge in [0.25, 0.3) is 0 Å². The lowest BCUT2D eigenvalue weighted by atomic mass is 9.91. The molecule has 0 saturated carbocycles. The van der Waals surface area contributed by atoms with Gasteiger partial charge < -0.3 is 10.0 Å². The van der Waals surface area contributed by atoms with Crippen LogP contribution in [-0.4, -0.2) is 28.6 Å². The average molecular weight is 273 g/mol. The van der Waals surface area contributed by atoms with E-state index in [9.17, 15) is 10.1 Å². The van der Waals surface area contributed by atoms with Crippen molar-refractivity contribution in [1.29, 1.82) is 5.26 Å². The maximum Gasteiger partial charge on any atom is 0.306 e. The highest BCUT2D eigenvalue weighted by molar-refractivity contribution is 5.71. The van der Waals surface area contributed by atoms with Crippen LogP contribution in [0.2, 0.25) is 0 Å². The highest BCUT2D eigenvalue weighted by Crippen LogP contribution is 2.30. The number of carboxylic acids is 1. The van der Waals surface area contributed by atoms with Crippen molar-refractivity contribution in [3.05, 3.63) is 22.9 Å². The van der Waals surface area contributed by atoms with Crippen LogP contribution >= 0.6 is 0 Å². The molecular weight excluding hydrogens is 254 g/mol. The molecule has 1 N–H and O–H groups in total. The molecule has 0 aliphatic carbocycles. The molecule has 2 atom stereocenters. The van der Waals surface area contributed by atoms with Crippen molar-refractivity contribution in [2.24, 2.45) is 5.92 Å². The van der Waals surface area contributed by atoms with Crippen LogP contribution in [0, 0.1) is 31.1 Å². The lowest BCUT2D eigenvalue weighted by Crippen LogP contribution is -2.43. The molecule has 1 aromatic heterocycles. The number of carbonyl (C=O) groups is 1. The first kappa shape index (κ1) is 14.3. The second kappa shape index (κ2) is 5.49. The molecule has 1 aromatic rings. The Kier molecular flexibility index (Phi) is 3.93. The second-order valence-corrected chi connectivity index (χ2v) is 5.49. The minimum absolute atomic E-state index is 0.0747. The molecule has 1 fully saturated rings. The van der Waals surface area contributed by atoms with E-state index in [0.29, 0.717) is 30.8 Å². The van der Waals surface area contributed by atoms with Gasteiger partial charge in [0.15, 0.2) is 0 Å². The molecule has 2 heterocycles. The number of aryl methyl sites for hydroxylation is 2. The maximum absolute atomic E-state index is 11.1. The van der Waals surface area contributed by atoms with Gasteiger partial charge in [-0.15, -0.1) is 0 Å². The van der Waals surface area contributed by atoms with E-state index < -0.39 is 5.97 Å². The van der Waals surface area contributed by atoms with Crippen molar-refractivity contribution >= 4 is 11.8 Å². The first-order chi connectivity index (χ1) is 9.43. The van der Waals surface area contributed by atoms with Crippen LogP contribution in [0.25, 0.3) is 0 Å². The molecule has 0 bridgehead atoms. The van der Waals surface area contributed by atoms with Crippen molar-refractivity contribution in [2.75, 3.05) is 11.4 Å². The van der Waals surface area contributed by atoms with E-state index in [2.05, 4.69) is 16.0 Å². The van der Waals surface area contributed by atoms with Crippen LogP contribution in [0.15, 0.2) is 6.07 Å². The van der Waals surface area contributed by atoms with Gasteiger partial charge in [0.1, 0.15) is 11.9 Å². The Bertz CT molecular complexity index is 577. The second-order valence-electron chi connectivity index (χ2n) is 5.49. The normalized spacial score (nSPS) is 22.4. The van der Waals surface area contributed by atoms with E-state index in [0.717, 1.165) is 11.3 Å². The summed E-state index contributed by atoms with van der Waals surface area (Å²) in [6.07, 6.45) is 1.19. The number of nitrogens with zero attached hydrogens (tertiary/aromatic N) is 3. The predicted molar refractivity (Wildman–Crippen MR) is 75.6 cm³/mol. The number of carboxylic acid groups (broad SMARTS) is 1. The van der Waals surface area contributed by atoms with Gasteiger partial charge in [0, 0.05) is 18.3 Å². The van der Waals surface area contributed by atoms with Gasteiger partial charge >= 0.3 is 5.97 Å². The number of aromatic nitrogens is 1. The van der Waals surface area contributed by atoms with Crippen molar-refractivity contribution in [2.45, 2.75) is 39.7 Å². The molecule has 5 nitrogen and oxygen atoms in total. The fourth-order valence-electron chi connectivity index (χ4n) is 2.87. The van der Waals surface area contributed by atoms with Crippen LogP contribution in [0.1, 0.15) is 36.6 Å². The topological polar surface area (TPSA) is 77.2 Å². The number of piperidine rings is 1. The zero-order valence-electron chi connectivity index (χ0n) is 12.1. The monoisotopic (exact) mass is 273 g/mol. The van der Waals surface area contributed by atoms with E-state index in [1.165, 1.54) is 0 Å². The molecule has 2 unspecified atom stereocenters. The summed E-state index contributed by atoms with van der Waals surface area (Å²) in [6.45, 7) is 6.44. The van der Waals surface area contributed by atoms with Crippen LogP contribution in [-0.2, 0) is 4.79 Å². The van der Waals surface area contributed by atoms with Crippen LogP contribution < -0.4 is 4.90 Å². The summed E-state index contributed by atoms with van der Waals surface area (Å²) in [5.74, 6) is -0.329. The lowest BCUT2D eigenvalue weighted by Gasteiger charge is -2.37. The molecule has 5 heteroatoms. The Morgan fingerprint density at radius 3 is 2.80 bits per heavy atom. The molecule has 0 aromatic carbocycles. The highest BCUT2D eigenvalue weighted by Gasteiger charge is 2.31. The minimum Gasteiger partial charge on any atom is -0.481 e. The van der Waals surface area contributed by atoms with Crippen molar-refractivity contribution in [3.63, 3.8) is 0 Å². The number of anilines is 1. The Morgan fingerprint density at radius 2 is 2.25 bits per heavy atom. The molecule has 0 amide bonds. The van der Waals surface area contributed by atoms with E-state index in [-0.39, 0.29) is 12.0 Å². The van der Waals surface area contributed by atoms with Crippen LogP contribution in [0.3, 0.4) is 0 Å². The molecule has 106 valence electrons. The van der Waals surface area contributed by atoms with Gasteiger partial charge in [-0.05, 0) is 45.2 Å². The number of hydrogen-bond donors (Lipinski definition) is 1. The summed E-state index contributed by atoms with van der Waals surface area (Å²) in [5.41, 5.74) is 2.39. The van der Waals surface area contributed by atoms with Gasteiger partial charge in [0.2, 0.25) is 0 Å². The Balaban J connectivity index is 2.34. The van der Waals surface area contributed by atoms with Crippen molar-refractivity contribution in [1.82, 2.24) is 4.98 Å². The molecule has 0 radical (unpaired) electrons. The summed E-state index contributed by atoms with van der Waals surface area (Å²) in [4.78, 5) is 17.7. The standard InChI is InChI=1S/C15H19N3O2/c1-9-6-10(2)17-14(13(9)8-16)18-5-4-12(15(19)20)7-11(18)3/h6,11-12H,4-5,7H2,1-3H3,(H,19,20). The third-order valence-corrected chi connectivity index (χ3v) is 3.93. The number of hydrogen-bond acceptors (Lipinski definition) is 4. The molecule has 1 saturated heterocycles. The predicted octanol–water partition coefficient (Wildman–Crippen LogP) is 2.26. The van der Waals surface area contributed by atoms with Gasteiger partial charge in [0.05, 0.1) is 11.5 Å². The smallest absolute Gasteiger partial charge is 0.306 e.